The van der Waals surface area contributed by atoms with Gasteiger partial charge in [-0.05, 0) is 71.6 Å². The molecule has 0 saturated carbocycles. The van der Waals surface area contributed by atoms with Crippen molar-refractivity contribution in [1.82, 2.24) is 0 Å². The van der Waals surface area contributed by atoms with Crippen LogP contribution in [0.15, 0.2) is 54.6 Å². The highest BCUT2D eigenvalue weighted by atomic mass is 19.2. The van der Waals surface area contributed by atoms with Crippen LogP contribution in [0.5, 0.6) is 0 Å². The maximum atomic E-state index is 14.3. The number of unbranched alkanes of at least 4 members (excludes halogenated alkanes) is 1. The molecule has 0 amide bonds. The Bertz CT molecular complexity index is 958. The molecule has 3 rings (SSSR count). The van der Waals surface area contributed by atoms with E-state index in [4.69, 9.17) is 0 Å². The van der Waals surface area contributed by atoms with Crippen molar-refractivity contribution in [2.75, 3.05) is 0 Å². The van der Waals surface area contributed by atoms with Crippen molar-refractivity contribution in [3.05, 3.63) is 94.3 Å². The molecular weight excluding hydrogens is 369 g/mol. The van der Waals surface area contributed by atoms with Gasteiger partial charge in [0.05, 0.1) is 0 Å². The van der Waals surface area contributed by atoms with Gasteiger partial charge in [0.25, 0.3) is 0 Å². The van der Waals surface area contributed by atoms with Crippen LogP contribution in [0.25, 0.3) is 11.1 Å². The molecule has 3 heteroatoms. The molecule has 0 aliphatic carbocycles. The molecule has 3 aromatic rings. The van der Waals surface area contributed by atoms with E-state index in [0.29, 0.717) is 30.4 Å². The van der Waals surface area contributed by atoms with Crippen molar-refractivity contribution in [2.24, 2.45) is 0 Å². The molecule has 0 unspecified atom stereocenters. The summed E-state index contributed by atoms with van der Waals surface area (Å²) in [7, 11) is 0. The summed E-state index contributed by atoms with van der Waals surface area (Å²) < 4.78 is 42.4. The first-order valence-corrected chi connectivity index (χ1v) is 10.4. The average molecular weight is 396 g/mol. The summed E-state index contributed by atoms with van der Waals surface area (Å²) in [5.74, 6) is -1.63. The fraction of sp³-hybridized carbons (Fsp3) is 0.308. The zero-order valence-electron chi connectivity index (χ0n) is 17.1. The van der Waals surface area contributed by atoms with Gasteiger partial charge in [0, 0.05) is 0 Å². The Balaban J connectivity index is 1.68. The lowest BCUT2D eigenvalue weighted by atomic mass is 9.98. The summed E-state index contributed by atoms with van der Waals surface area (Å²) >= 11 is 0. The molecule has 0 atom stereocenters. The van der Waals surface area contributed by atoms with E-state index in [1.54, 1.807) is 18.2 Å². The lowest BCUT2D eigenvalue weighted by Crippen LogP contribution is -2.01. The summed E-state index contributed by atoms with van der Waals surface area (Å²) in [6.45, 7) is 3.91. The highest BCUT2D eigenvalue weighted by molar-refractivity contribution is 5.64. The molecular formula is C26H27F3. The number of aryl methyl sites for hydroxylation is 4. The van der Waals surface area contributed by atoms with Crippen LogP contribution in [-0.2, 0) is 25.7 Å². The minimum absolute atomic E-state index is 0.159. The summed E-state index contributed by atoms with van der Waals surface area (Å²) in [4.78, 5) is 0. The summed E-state index contributed by atoms with van der Waals surface area (Å²) in [6, 6.07) is 16.6. The minimum atomic E-state index is -0.736. The number of rotatable bonds is 8. The number of hydrogen-bond acceptors (Lipinski definition) is 0. The monoisotopic (exact) mass is 396 g/mol. The molecule has 0 spiro atoms. The van der Waals surface area contributed by atoms with Gasteiger partial charge in [0.2, 0.25) is 0 Å². The Morgan fingerprint density at radius 3 is 1.90 bits per heavy atom. The quantitative estimate of drug-likeness (QED) is 0.371. The fourth-order valence-corrected chi connectivity index (χ4v) is 3.54. The minimum Gasteiger partial charge on any atom is -0.207 e. The van der Waals surface area contributed by atoms with Gasteiger partial charge in [-0.2, -0.15) is 0 Å². The lowest BCUT2D eigenvalue weighted by Gasteiger charge is -2.09. The highest BCUT2D eigenvalue weighted by Gasteiger charge is 2.12. The van der Waals surface area contributed by atoms with E-state index in [1.165, 1.54) is 0 Å². The van der Waals surface area contributed by atoms with E-state index < -0.39 is 11.6 Å². The molecule has 0 N–H and O–H groups in total. The third-order valence-corrected chi connectivity index (χ3v) is 5.45. The fourth-order valence-electron chi connectivity index (χ4n) is 3.54. The van der Waals surface area contributed by atoms with Crippen molar-refractivity contribution in [1.29, 1.82) is 0 Å². The third-order valence-electron chi connectivity index (χ3n) is 5.45. The normalized spacial score (nSPS) is 11.1. The van der Waals surface area contributed by atoms with Gasteiger partial charge in [-0.25, -0.2) is 13.2 Å². The number of halogens is 3. The molecule has 0 heterocycles. The first-order chi connectivity index (χ1) is 14.0. The van der Waals surface area contributed by atoms with E-state index in [-0.39, 0.29) is 5.82 Å². The molecule has 29 heavy (non-hydrogen) atoms. The maximum Gasteiger partial charge on any atom is 0.162 e. The van der Waals surface area contributed by atoms with Crippen LogP contribution in [0.3, 0.4) is 0 Å². The van der Waals surface area contributed by atoms with Gasteiger partial charge in [0.15, 0.2) is 11.6 Å². The van der Waals surface area contributed by atoms with Gasteiger partial charge in [-0.3, -0.25) is 0 Å². The van der Waals surface area contributed by atoms with Crippen LogP contribution in [0.2, 0.25) is 0 Å². The predicted molar refractivity (Wildman–Crippen MR) is 114 cm³/mol. The Hall–Kier alpha value is -2.55. The zero-order valence-corrected chi connectivity index (χ0v) is 17.1. The molecule has 0 fully saturated rings. The van der Waals surface area contributed by atoms with Gasteiger partial charge in [-0.1, -0.05) is 68.8 Å². The maximum absolute atomic E-state index is 14.3. The van der Waals surface area contributed by atoms with Gasteiger partial charge in [-0.15, -0.1) is 0 Å². The molecule has 0 nitrogen and oxygen atoms in total. The SMILES string of the molecule is CCCCc1ccc(-c2ccc(CCc3ccc(CC)c(F)c3F)cc2)cc1F. The third kappa shape index (κ3) is 5.09. The molecule has 0 aliphatic heterocycles. The average Bonchev–Trinajstić information content (AvgIpc) is 2.74. The van der Waals surface area contributed by atoms with Crippen molar-refractivity contribution >= 4 is 0 Å². The van der Waals surface area contributed by atoms with Crippen LogP contribution < -0.4 is 0 Å². The topological polar surface area (TPSA) is 0 Å². The van der Waals surface area contributed by atoms with Gasteiger partial charge >= 0.3 is 0 Å². The van der Waals surface area contributed by atoms with E-state index in [2.05, 4.69) is 6.92 Å². The van der Waals surface area contributed by atoms with E-state index >= 15 is 0 Å². The number of benzene rings is 3. The molecule has 0 aromatic heterocycles. The largest absolute Gasteiger partial charge is 0.207 e. The van der Waals surface area contributed by atoms with Crippen LogP contribution in [0.1, 0.15) is 48.9 Å². The standard InChI is InChI=1S/C26H27F3/c1-3-5-6-21-14-16-23(17-24(21)27)20-10-7-18(8-11-20)9-12-22-15-13-19(4-2)25(28)26(22)29/h7-8,10-11,13-17H,3-6,9,12H2,1-2H3. The first-order valence-electron chi connectivity index (χ1n) is 10.4. The Labute approximate surface area is 171 Å². The van der Waals surface area contributed by atoms with Crippen molar-refractivity contribution in [3.63, 3.8) is 0 Å². The van der Waals surface area contributed by atoms with Crippen molar-refractivity contribution < 1.29 is 13.2 Å². The van der Waals surface area contributed by atoms with Crippen molar-refractivity contribution in [3.8, 4) is 11.1 Å². The van der Waals surface area contributed by atoms with Crippen LogP contribution >= 0.6 is 0 Å². The molecule has 0 saturated heterocycles. The molecule has 152 valence electrons. The number of hydrogen-bond donors (Lipinski definition) is 0. The van der Waals surface area contributed by atoms with E-state index in [9.17, 15) is 13.2 Å². The first kappa shape index (κ1) is 21.2. The van der Waals surface area contributed by atoms with Gasteiger partial charge in [0.1, 0.15) is 5.82 Å². The Morgan fingerprint density at radius 1 is 0.621 bits per heavy atom. The second-order valence-corrected chi connectivity index (χ2v) is 7.47. The van der Waals surface area contributed by atoms with E-state index in [0.717, 1.165) is 41.5 Å². The van der Waals surface area contributed by atoms with Crippen molar-refractivity contribution in [2.45, 2.75) is 52.4 Å². The molecule has 0 radical (unpaired) electrons. The van der Waals surface area contributed by atoms with Crippen LogP contribution in [0.4, 0.5) is 13.2 Å². The second kappa shape index (κ2) is 9.78. The van der Waals surface area contributed by atoms with E-state index in [1.807, 2.05) is 43.3 Å². The summed E-state index contributed by atoms with van der Waals surface area (Å²) in [5.41, 5.74) is 4.39. The zero-order chi connectivity index (χ0) is 20.8. The predicted octanol–water partition coefficient (Wildman–Crippen LogP) is 7.46. The summed E-state index contributed by atoms with van der Waals surface area (Å²) in [5, 5.41) is 0. The molecule has 0 aliphatic rings. The highest BCUT2D eigenvalue weighted by Crippen LogP contribution is 2.24. The molecule has 3 aromatic carbocycles. The Morgan fingerprint density at radius 2 is 1.24 bits per heavy atom. The van der Waals surface area contributed by atoms with Crippen LogP contribution in [-0.4, -0.2) is 0 Å². The second-order valence-electron chi connectivity index (χ2n) is 7.47. The lowest BCUT2D eigenvalue weighted by molar-refractivity contribution is 0.490. The van der Waals surface area contributed by atoms with Gasteiger partial charge < -0.3 is 0 Å². The Kier molecular flexibility index (Phi) is 7.13. The summed E-state index contributed by atoms with van der Waals surface area (Å²) in [6.07, 6.45) is 4.32. The smallest absolute Gasteiger partial charge is 0.162 e. The molecule has 0 bridgehead atoms. The van der Waals surface area contributed by atoms with Crippen LogP contribution in [0, 0.1) is 17.5 Å².